The molecular formula is C19H14ClFN2O4S. The molecule has 0 radical (unpaired) electrons. The number of benzene rings is 3. The average molecular weight is 421 g/mol. The summed E-state index contributed by atoms with van der Waals surface area (Å²) in [6.45, 7) is -0.0903. The van der Waals surface area contributed by atoms with Gasteiger partial charge in [0.25, 0.3) is 15.7 Å². The van der Waals surface area contributed by atoms with Crippen molar-refractivity contribution >= 4 is 33.0 Å². The molecule has 9 heteroatoms. The van der Waals surface area contributed by atoms with Crippen LogP contribution in [0.25, 0.3) is 0 Å². The zero-order valence-electron chi connectivity index (χ0n) is 14.3. The van der Waals surface area contributed by atoms with Crippen LogP contribution in [0.3, 0.4) is 0 Å². The minimum absolute atomic E-state index is 0.0903. The van der Waals surface area contributed by atoms with Crippen LogP contribution in [0.4, 0.5) is 15.8 Å². The molecule has 3 aromatic rings. The smallest absolute Gasteiger partial charge is 0.262 e. The number of hydrogen-bond acceptors (Lipinski definition) is 4. The van der Waals surface area contributed by atoms with E-state index >= 15 is 0 Å². The summed E-state index contributed by atoms with van der Waals surface area (Å²) in [5, 5.41) is 11.5. The molecule has 0 aliphatic carbocycles. The van der Waals surface area contributed by atoms with Crippen molar-refractivity contribution < 1.29 is 17.7 Å². The predicted molar refractivity (Wildman–Crippen MR) is 104 cm³/mol. The Morgan fingerprint density at radius 3 is 2.25 bits per heavy atom. The zero-order chi connectivity index (χ0) is 20.3. The van der Waals surface area contributed by atoms with Gasteiger partial charge in [-0.15, -0.1) is 0 Å². The molecule has 0 saturated heterocycles. The molecule has 0 atom stereocenters. The van der Waals surface area contributed by atoms with Crippen LogP contribution < -0.4 is 4.31 Å². The highest BCUT2D eigenvalue weighted by Crippen LogP contribution is 2.28. The van der Waals surface area contributed by atoms with Crippen molar-refractivity contribution in [3.8, 4) is 0 Å². The molecule has 0 amide bonds. The number of rotatable bonds is 6. The number of non-ortho nitro benzene ring substituents is 1. The lowest BCUT2D eigenvalue weighted by molar-refractivity contribution is -0.385. The first-order chi connectivity index (χ1) is 13.3. The summed E-state index contributed by atoms with van der Waals surface area (Å²) in [6, 6.07) is 16.4. The molecule has 0 saturated carbocycles. The Morgan fingerprint density at radius 1 is 1.00 bits per heavy atom. The van der Waals surface area contributed by atoms with Gasteiger partial charge in [0.05, 0.1) is 22.1 Å². The van der Waals surface area contributed by atoms with E-state index in [1.807, 2.05) is 0 Å². The molecule has 6 nitrogen and oxygen atoms in total. The van der Waals surface area contributed by atoms with Crippen LogP contribution in [0.5, 0.6) is 0 Å². The standard InChI is InChI=1S/C19H14ClFN2O4S/c20-15-6-10-17(11-7-15)22(13-14-4-8-16(21)9-5-14)28(26,27)19-3-1-2-18(12-19)23(24)25/h1-12H,13H2. The molecule has 3 aromatic carbocycles. The van der Waals surface area contributed by atoms with Gasteiger partial charge in [0.1, 0.15) is 5.82 Å². The maximum absolute atomic E-state index is 13.3. The van der Waals surface area contributed by atoms with Gasteiger partial charge in [0, 0.05) is 17.2 Å². The van der Waals surface area contributed by atoms with Gasteiger partial charge in [-0.1, -0.05) is 29.8 Å². The molecule has 0 bridgehead atoms. The lowest BCUT2D eigenvalue weighted by atomic mass is 10.2. The lowest BCUT2D eigenvalue weighted by Crippen LogP contribution is -2.30. The van der Waals surface area contributed by atoms with Crippen LogP contribution in [0.2, 0.25) is 5.02 Å². The highest BCUT2D eigenvalue weighted by Gasteiger charge is 2.27. The lowest BCUT2D eigenvalue weighted by Gasteiger charge is -2.24. The highest BCUT2D eigenvalue weighted by atomic mass is 35.5. The van der Waals surface area contributed by atoms with Gasteiger partial charge >= 0.3 is 0 Å². The number of halogens is 2. The zero-order valence-corrected chi connectivity index (χ0v) is 15.9. The van der Waals surface area contributed by atoms with Gasteiger partial charge in [0.2, 0.25) is 0 Å². The quantitative estimate of drug-likeness (QED) is 0.424. The van der Waals surface area contributed by atoms with Gasteiger partial charge in [-0.25, -0.2) is 12.8 Å². The molecule has 144 valence electrons. The second kappa shape index (κ2) is 7.95. The third-order valence-corrected chi connectivity index (χ3v) is 5.99. The number of anilines is 1. The minimum atomic E-state index is -4.14. The van der Waals surface area contributed by atoms with Crippen LogP contribution in [-0.2, 0) is 16.6 Å². The third kappa shape index (κ3) is 4.29. The molecular weight excluding hydrogens is 407 g/mol. The van der Waals surface area contributed by atoms with E-state index in [4.69, 9.17) is 11.6 Å². The molecule has 0 aliphatic rings. The van der Waals surface area contributed by atoms with E-state index in [1.165, 1.54) is 66.7 Å². The number of nitro benzene ring substituents is 1. The first kappa shape index (κ1) is 19.8. The van der Waals surface area contributed by atoms with Crippen molar-refractivity contribution in [2.75, 3.05) is 4.31 Å². The average Bonchev–Trinajstić information content (AvgIpc) is 2.68. The molecule has 0 heterocycles. The van der Waals surface area contributed by atoms with Crippen molar-refractivity contribution in [2.45, 2.75) is 11.4 Å². The van der Waals surface area contributed by atoms with Gasteiger partial charge < -0.3 is 0 Å². The van der Waals surface area contributed by atoms with E-state index in [0.29, 0.717) is 16.3 Å². The Labute approximate surface area is 166 Å². The fourth-order valence-corrected chi connectivity index (χ4v) is 4.18. The monoisotopic (exact) mass is 420 g/mol. The molecule has 3 rings (SSSR count). The van der Waals surface area contributed by atoms with Crippen molar-refractivity contribution in [2.24, 2.45) is 0 Å². The fourth-order valence-electron chi connectivity index (χ4n) is 2.56. The summed E-state index contributed by atoms with van der Waals surface area (Å²) >= 11 is 5.90. The number of sulfonamides is 1. The summed E-state index contributed by atoms with van der Waals surface area (Å²) in [7, 11) is -4.14. The summed E-state index contributed by atoms with van der Waals surface area (Å²) in [5.41, 5.74) is 0.532. The first-order valence-corrected chi connectivity index (χ1v) is 9.86. The van der Waals surface area contributed by atoms with Crippen molar-refractivity contribution in [1.29, 1.82) is 0 Å². The topological polar surface area (TPSA) is 80.5 Å². The van der Waals surface area contributed by atoms with Gasteiger partial charge in [-0.2, -0.15) is 0 Å². The molecule has 0 unspecified atom stereocenters. The van der Waals surface area contributed by atoms with E-state index in [0.717, 1.165) is 10.4 Å². The van der Waals surface area contributed by atoms with Crippen molar-refractivity contribution in [1.82, 2.24) is 0 Å². The molecule has 0 spiro atoms. The second-order valence-electron chi connectivity index (χ2n) is 5.87. The fraction of sp³-hybridized carbons (Fsp3) is 0.0526. The van der Waals surface area contributed by atoms with Gasteiger partial charge in [-0.05, 0) is 48.0 Å². The largest absolute Gasteiger partial charge is 0.270 e. The summed E-state index contributed by atoms with van der Waals surface area (Å²) in [4.78, 5) is 10.1. The summed E-state index contributed by atoms with van der Waals surface area (Å²) < 4.78 is 40.8. The van der Waals surface area contributed by atoms with E-state index in [2.05, 4.69) is 0 Å². The first-order valence-electron chi connectivity index (χ1n) is 8.04. The normalized spacial score (nSPS) is 11.2. The number of nitrogens with zero attached hydrogens (tertiary/aromatic N) is 2. The van der Waals surface area contributed by atoms with Crippen molar-refractivity contribution in [3.63, 3.8) is 0 Å². The van der Waals surface area contributed by atoms with Crippen LogP contribution >= 0.6 is 11.6 Å². The van der Waals surface area contributed by atoms with Crippen LogP contribution in [0.1, 0.15) is 5.56 Å². The Balaban J connectivity index is 2.08. The van der Waals surface area contributed by atoms with Gasteiger partial charge in [-0.3, -0.25) is 14.4 Å². The highest BCUT2D eigenvalue weighted by molar-refractivity contribution is 7.92. The number of nitro groups is 1. The second-order valence-corrected chi connectivity index (χ2v) is 8.17. The number of hydrogen-bond donors (Lipinski definition) is 0. The predicted octanol–water partition coefficient (Wildman–Crippen LogP) is 4.78. The van der Waals surface area contributed by atoms with E-state index in [1.54, 1.807) is 0 Å². The SMILES string of the molecule is O=[N+]([O-])c1cccc(S(=O)(=O)N(Cc2ccc(F)cc2)c2ccc(Cl)cc2)c1. The molecule has 28 heavy (non-hydrogen) atoms. The molecule has 0 aromatic heterocycles. The maximum Gasteiger partial charge on any atom is 0.270 e. The Morgan fingerprint density at radius 2 is 1.64 bits per heavy atom. The van der Waals surface area contributed by atoms with E-state index < -0.39 is 20.8 Å². The van der Waals surface area contributed by atoms with Gasteiger partial charge in [0.15, 0.2) is 0 Å². The van der Waals surface area contributed by atoms with E-state index in [9.17, 15) is 22.9 Å². The van der Waals surface area contributed by atoms with Crippen LogP contribution in [0.15, 0.2) is 77.7 Å². The molecule has 0 fully saturated rings. The third-order valence-electron chi connectivity index (χ3n) is 3.97. The maximum atomic E-state index is 13.3. The summed E-state index contributed by atoms with van der Waals surface area (Å²) in [6.07, 6.45) is 0. The van der Waals surface area contributed by atoms with Crippen LogP contribution in [-0.4, -0.2) is 13.3 Å². The minimum Gasteiger partial charge on any atom is -0.262 e. The molecule has 0 aliphatic heterocycles. The Hall–Kier alpha value is -2.97. The van der Waals surface area contributed by atoms with Crippen LogP contribution in [0, 0.1) is 15.9 Å². The Bertz CT molecular complexity index is 1100. The van der Waals surface area contributed by atoms with E-state index in [-0.39, 0.29) is 17.1 Å². The summed E-state index contributed by atoms with van der Waals surface area (Å²) in [5.74, 6) is -0.441. The van der Waals surface area contributed by atoms with Crippen molar-refractivity contribution in [3.05, 3.63) is 99.3 Å². The Kier molecular flexibility index (Phi) is 5.62. The molecule has 0 N–H and O–H groups in total.